The lowest BCUT2D eigenvalue weighted by Gasteiger charge is -2.00. The minimum atomic E-state index is -0.381. The zero-order valence-electron chi connectivity index (χ0n) is 8.43. The SMILES string of the molecule is Cn1c(=O)c2c([nH]o[n+]2=O)c2ccccc21. The number of aromatic nitrogens is 3. The maximum absolute atomic E-state index is 11.9. The average molecular weight is 218 g/mol. The monoisotopic (exact) mass is 218 g/mol. The highest BCUT2D eigenvalue weighted by Gasteiger charge is 2.20. The van der Waals surface area contributed by atoms with E-state index < -0.39 is 0 Å². The Labute approximate surface area is 88.2 Å². The van der Waals surface area contributed by atoms with Gasteiger partial charge in [-0.1, -0.05) is 21.9 Å². The third-order valence-corrected chi connectivity index (χ3v) is 2.69. The summed E-state index contributed by atoms with van der Waals surface area (Å²) in [4.78, 5) is 23.2. The predicted octanol–water partition coefficient (Wildman–Crippen LogP) is 0.527. The van der Waals surface area contributed by atoms with Gasteiger partial charge >= 0.3 is 11.1 Å². The van der Waals surface area contributed by atoms with Gasteiger partial charge in [0.2, 0.25) is 5.52 Å². The summed E-state index contributed by atoms with van der Waals surface area (Å²) < 4.78 is 6.21. The van der Waals surface area contributed by atoms with Crippen LogP contribution in [0.5, 0.6) is 0 Å². The van der Waals surface area contributed by atoms with Gasteiger partial charge in [-0.2, -0.15) is 0 Å². The van der Waals surface area contributed by atoms with E-state index in [1.165, 1.54) is 4.57 Å². The van der Waals surface area contributed by atoms with E-state index in [1.54, 1.807) is 7.05 Å². The van der Waals surface area contributed by atoms with Crippen molar-refractivity contribution >= 4 is 21.9 Å². The summed E-state index contributed by atoms with van der Waals surface area (Å²) >= 11 is 0. The fourth-order valence-electron chi connectivity index (χ4n) is 1.89. The Kier molecular flexibility index (Phi) is 1.57. The molecule has 0 amide bonds. The molecule has 0 bridgehead atoms. The van der Waals surface area contributed by atoms with Gasteiger partial charge in [0.25, 0.3) is 0 Å². The van der Waals surface area contributed by atoms with Crippen molar-refractivity contribution in [2.75, 3.05) is 0 Å². The third-order valence-electron chi connectivity index (χ3n) is 2.69. The van der Waals surface area contributed by atoms with Crippen LogP contribution in [0, 0.1) is 4.91 Å². The highest BCUT2D eigenvalue weighted by molar-refractivity contribution is 6.00. The lowest BCUT2D eigenvalue weighted by atomic mass is 10.2. The number of hydrogen-bond donors (Lipinski definition) is 1. The summed E-state index contributed by atoms with van der Waals surface area (Å²) in [7, 11) is 1.62. The van der Waals surface area contributed by atoms with E-state index in [0.29, 0.717) is 5.52 Å². The lowest BCUT2D eigenvalue weighted by molar-refractivity contribution is -0.693. The first-order valence-corrected chi connectivity index (χ1v) is 4.72. The minimum absolute atomic E-state index is 0.0128. The molecule has 6 nitrogen and oxygen atoms in total. The molecule has 0 aliphatic carbocycles. The van der Waals surface area contributed by atoms with Gasteiger partial charge in [-0.3, -0.25) is 4.79 Å². The summed E-state index contributed by atoms with van der Waals surface area (Å²) in [6.45, 7) is 0. The zero-order valence-corrected chi connectivity index (χ0v) is 8.43. The van der Waals surface area contributed by atoms with Crippen molar-refractivity contribution in [3.63, 3.8) is 0 Å². The van der Waals surface area contributed by atoms with Crippen molar-refractivity contribution in [2.24, 2.45) is 7.05 Å². The number of pyridine rings is 1. The van der Waals surface area contributed by atoms with E-state index in [2.05, 4.69) is 9.79 Å². The van der Waals surface area contributed by atoms with Gasteiger partial charge in [-0.25, -0.2) is 0 Å². The van der Waals surface area contributed by atoms with E-state index >= 15 is 0 Å². The number of fused-ring (bicyclic) bond motifs is 3. The number of aromatic amines is 1. The van der Waals surface area contributed by atoms with E-state index in [4.69, 9.17) is 0 Å². The number of para-hydroxylation sites is 1. The van der Waals surface area contributed by atoms with Crippen LogP contribution in [0.15, 0.2) is 33.7 Å². The quantitative estimate of drug-likeness (QED) is 0.598. The molecule has 3 aromatic rings. The standard InChI is InChI=1S/C10H7N3O3/c1-12-7-5-3-2-4-6(7)8-9(10(12)14)13(15)16-11-8/h2-5H,1H3/p+1. The highest BCUT2D eigenvalue weighted by Crippen LogP contribution is 2.17. The Hall–Kier alpha value is -2.37. The summed E-state index contributed by atoms with van der Waals surface area (Å²) in [5.74, 6) is 0. The number of nitrogens with one attached hydrogen (secondary N) is 1. The van der Waals surface area contributed by atoms with Crippen molar-refractivity contribution in [1.29, 1.82) is 0 Å². The van der Waals surface area contributed by atoms with E-state index in [1.807, 2.05) is 24.3 Å². The highest BCUT2D eigenvalue weighted by atomic mass is 16.7. The first-order chi connectivity index (χ1) is 7.70. The maximum atomic E-state index is 11.9. The number of H-pyrrole nitrogens is 1. The van der Waals surface area contributed by atoms with Crippen LogP contribution in [0.1, 0.15) is 0 Å². The molecule has 0 fully saturated rings. The van der Waals surface area contributed by atoms with Crippen molar-refractivity contribution in [2.45, 2.75) is 0 Å². The number of rotatable bonds is 0. The van der Waals surface area contributed by atoms with Crippen LogP contribution >= 0.6 is 0 Å². The topological polar surface area (TPSA) is 73.9 Å². The van der Waals surface area contributed by atoms with Gasteiger partial charge in [-0.05, 0) is 17.0 Å². The molecule has 0 atom stereocenters. The number of aryl methyl sites for hydroxylation is 1. The number of nitrogens with zero attached hydrogens (tertiary/aromatic N) is 2. The van der Waals surface area contributed by atoms with Gasteiger partial charge in [-0.15, -0.1) is 0 Å². The summed E-state index contributed by atoms with van der Waals surface area (Å²) in [6.07, 6.45) is 0. The van der Waals surface area contributed by atoms with Crippen LogP contribution in [-0.4, -0.2) is 9.72 Å². The molecule has 2 heterocycles. The Morgan fingerprint density at radius 1 is 1.38 bits per heavy atom. The van der Waals surface area contributed by atoms with Gasteiger partial charge < -0.3 is 4.57 Å². The van der Waals surface area contributed by atoms with Crippen LogP contribution < -0.4 is 10.2 Å². The van der Waals surface area contributed by atoms with Crippen molar-refractivity contribution < 1.29 is 9.23 Å². The fourth-order valence-corrected chi connectivity index (χ4v) is 1.89. The molecule has 0 aliphatic heterocycles. The molecule has 6 heteroatoms. The molecule has 80 valence electrons. The Bertz CT molecular complexity index is 809. The minimum Gasteiger partial charge on any atom is -0.307 e. The van der Waals surface area contributed by atoms with E-state index in [9.17, 15) is 9.70 Å². The van der Waals surface area contributed by atoms with Gasteiger partial charge in [0, 0.05) is 7.05 Å². The van der Waals surface area contributed by atoms with E-state index in [0.717, 1.165) is 10.9 Å². The lowest BCUT2D eigenvalue weighted by Crippen LogP contribution is -2.25. The third kappa shape index (κ3) is 0.928. The molecule has 3 rings (SSSR count). The molecule has 0 aliphatic rings. The summed E-state index contributed by atoms with van der Waals surface area (Å²) in [6, 6.07) is 7.30. The molecule has 0 unspecified atom stereocenters. The average Bonchev–Trinajstić information content (AvgIpc) is 2.69. The number of hydrogen-bond acceptors (Lipinski definition) is 3. The van der Waals surface area contributed by atoms with Gasteiger partial charge in [0.15, 0.2) is 4.60 Å². The normalized spacial score (nSPS) is 11.3. The Morgan fingerprint density at radius 2 is 2.12 bits per heavy atom. The van der Waals surface area contributed by atoms with Crippen LogP contribution in [0.3, 0.4) is 0 Å². The summed E-state index contributed by atoms with van der Waals surface area (Å²) in [5.41, 5.74) is 0.779. The smallest absolute Gasteiger partial charge is 0.307 e. The van der Waals surface area contributed by atoms with Crippen LogP contribution in [0.4, 0.5) is 0 Å². The van der Waals surface area contributed by atoms with Crippen molar-refractivity contribution in [1.82, 2.24) is 9.72 Å². The molecule has 0 saturated carbocycles. The molecule has 1 aromatic carbocycles. The van der Waals surface area contributed by atoms with Gasteiger partial charge in [0.05, 0.1) is 10.9 Å². The molecule has 0 saturated heterocycles. The molecule has 1 N–H and O–H groups in total. The molecule has 0 spiro atoms. The second-order valence-corrected chi connectivity index (χ2v) is 3.56. The largest absolute Gasteiger partial charge is 0.337 e. The van der Waals surface area contributed by atoms with Gasteiger partial charge in [0.1, 0.15) is 0 Å². The molecule has 16 heavy (non-hydrogen) atoms. The molecular formula is C10H8N3O3+. The van der Waals surface area contributed by atoms with Crippen molar-refractivity contribution in [3.05, 3.63) is 39.5 Å². The summed E-state index contributed by atoms with van der Waals surface area (Å²) in [5, 5.41) is 3.24. The van der Waals surface area contributed by atoms with Crippen LogP contribution in [0.25, 0.3) is 21.9 Å². The first kappa shape index (κ1) is 8.90. The predicted molar refractivity (Wildman–Crippen MR) is 56.7 cm³/mol. The maximum Gasteiger partial charge on any atom is 0.337 e. The Balaban J connectivity index is 2.82. The Morgan fingerprint density at radius 3 is 2.94 bits per heavy atom. The van der Waals surface area contributed by atoms with Crippen LogP contribution in [-0.2, 0) is 7.05 Å². The second-order valence-electron chi connectivity index (χ2n) is 3.56. The van der Waals surface area contributed by atoms with Crippen molar-refractivity contribution in [3.8, 4) is 0 Å². The molecule has 0 radical (unpaired) electrons. The molecule has 2 aromatic heterocycles. The van der Waals surface area contributed by atoms with Crippen LogP contribution in [0.2, 0.25) is 0 Å². The first-order valence-electron chi connectivity index (χ1n) is 4.72. The molecular weight excluding hydrogens is 210 g/mol. The zero-order chi connectivity index (χ0) is 11.3. The fraction of sp³-hybridized carbons (Fsp3) is 0.100. The second kappa shape index (κ2) is 2.82. The number of benzene rings is 1. The van der Waals surface area contributed by atoms with E-state index in [-0.39, 0.29) is 15.7 Å².